The molecule has 2 aliphatic rings. The molecule has 5 nitrogen and oxygen atoms in total. The molecule has 202 valence electrons. The van der Waals surface area contributed by atoms with Crippen LogP contribution in [0.25, 0.3) is 0 Å². The highest BCUT2D eigenvalue weighted by molar-refractivity contribution is 5.82. The number of carbonyl (C=O) groups excluding carboxylic acids is 1. The largest absolute Gasteiger partial charge is 0.493 e. The minimum Gasteiger partial charge on any atom is -0.493 e. The van der Waals surface area contributed by atoms with Crippen molar-refractivity contribution in [2.45, 2.75) is 56.4 Å². The number of hydrogen-bond donors (Lipinski definition) is 0. The fraction of sp³-hybridized carbons (Fsp3) is 0.367. The zero-order valence-electron chi connectivity index (χ0n) is 21.4. The first-order chi connectivity index (χ1) is 18.3. The fourth-order valence-corrected chi connectivity index (χ4v) is 4.72. The number of aryl methyl sites for hydroxylation is 2. The number of alkyl halides is 3. The molecule has 0 aliphatic carbocycles. The number of carbonyl (C=O) groups is 1. The normalized spacial score (nSPS) is 17.9. The second kappa shape index (κ2) is 11.9. The zero-order chi connectivity index (χ0) is 27.2. The van der Waals surface area contributed by atoms with Crippen LogP contribution < -0.4 is 9.47 Å². The summed E-state index contributed by atoms with van der Waals surface area (Å²) in [5.74, 6) is 0.300. The van der Waals surface area contributed by atoms with Crippen LogP contribution in [0.2, 0.25) is 0 Å². The van der Waals surface area contributed by atoms with Gasteiger partial charge in [-0.25, -0.2) is 4.79 Å². The third-order valence-electron chi connectivity index (χ3n) is 6.82. The van der Waals surface area contributed by atoms with Crippen molar-refractivity contribution >= 4 is 5.97 Å². The van der Waals surface area contributed by atoms with E-state index >= 15 is 0 Å². The fourth-order valence-electron chi connectivity index (χ4n) is 4.72. The maximum absolute atomic E-state index is 14.4. The van der Waals surface area contributed by atoms with E-state index in [-0.39, 0.29) is 5.56 Å². The van der Waals surface area contributed by atoms with Crippen molar-refractivity contribution in [1.29, 1.82) is 0 Å². The third kappa shape index (κ3) is 5.96. The molecule has 8 heteroatoms. The minimum atomic E-state index is -5.02. The molecule has 0 saturated heterocycles. The van der Waals surface area contributed by atoms with E-state index in [9.17, 15) is 18.0 Å². The van der Waals surface area contributed by atoms with Gasteiger partial charge in [-0.3, -0.25) is 0 Å². The van der Waals surface area contributed by atoms with Crippen LogP contribution in [-0.2, 0) is 32.7 Å². The number of fused-ring (bicyclic) bond motifs is 8. The van der Waals surface area contributed by atoms with Gasteiger partial charge in [0.25, 0.3) is 5.60 Å². The molecule has 5 rings (SSSR count). The van der Waals surface area contributed by atoms with Gasteiger partial charge in [0.2, 0.25) is 0 Å². The van der Waals surface area contributed by atoms with E-state index in [1.165, 1.54) is 24.3 Å². The molecule has 3 aromatic carbocycles. The van der Waals surface area contributed by atoms with Crippen molar-refractivity contribution in [2.75, 3.05) is 14.2 Å². The molecule has 2 heterocycles. The smallest absolute Gasteiger partial charge is 0.432 e. The van der Waals surface area contributed by atoms with Gasteiger partial charge in [-0.15, -0.1) is 0 Å². The highest BCUT2D eigenvalue weighted by Gasteiger charge is 2.64. The van der Waals surface area contributed by atoms with Crippen LogP contribution in [-0.4, -0.2) is 32.5 Å². The van der Waals surface area contributed by atoms with Crippen LogP contribution in [0.4, 0.5) is 13.2 Å². The standard InChI is InChI=1S/C30H31F3O5/c1-35-26-19-15-22-14-18-24(11-7-6-8-21-12-16-25(17-13-21)37-27(26)20-22)38-28(34)29(36-2,30(31,32)33)23-9-4-3-5-10-23/h3-5,9-10,12-13,15-17,19-20,24H,6-8,11,14,18H2,1-2H3/t24-,29-/m0/s1. The molecule has 2 aliphatic heterocycles. The molecule has 0 spiro atoms. The Morgan fingerprint density at radius 1 is 0.868 bits per heavy atom. The highest BCUT2D eigenvalue weighted by Crippen LogP contribution is 2.43. The molecule has 0 amide bonds. The lowest BCUT2D eigenvalue weighted by Crippen LogP contribution is -2.52. The molecule has 3 aromatic rings. The van der Waals surface area contributed by atoms with E-state index in [1.807, 2.05) is 36.4 Å². The predicted molar refractivity (Wildman–Crippen MR) is 136 cm³/mol. The summed E-state index contributed by atoms with van der Waals surface area (Å²) in [6, 6.07) is 20.1. The van der Waals surface area contributed by atoms with Crippen molar-refractivity contribution in [3.63, 3.8) is 0 Å². The van der Waals surface area contributed by atoms with Gasteiger partial charge < -0.3 is 18.9 Å². The number of halogens is 3. The molecule has 2 atom stereocenters. The van der Waals surface area contributed by atoms with Gasteiger partial charge in [0.15, 0.2) is 11.5 Å². The van der Waals surface area contributed by atoms with E-state index in [4.69, 9.17) is 18.9 Å². The molecular weight excluding hydrogens is 497 g/mol. The van der Waals surface area contributed by atoms with Crippen LogP contribution in [0.5, 0.6) is 17.2 Å². The number of methoxy groups -OCH3 is 2. The molecule has 0 saturated carbocycles. The summed E-state index contributed by atoms with van der Waals surface area (Å²) in [7, 11) is 2.43. The number of ether oxygens (including phenoxy) is 4. The van der Waals surface area contributed by atoms with Gasteiger partial charge in [-0.1, -0.05) is 48.5 Å². The monoisotopic (exact) mass is 528 g/mol. The van der Waals surface area contributed by atoms with E-state index in [0.29, 0.717) is 42.9 Å². The van der Waals surface area contributed by atoms with Crippen molar-refractivity contribution in [3.05, 3.63) is 89.5 Å². The van der Waals surface area contributed by atoms with Gasteiger partial charge in [-0.05, 0) is 73.9 Å². The summed E-state index contributed by atoms with van der Waals surface area (Å²) in [6.45, 7) is 0. The SMILES string of the molecule is COc1ccc2cc1Oc1ccc(cc1)CCCC[C@H](OC(=O)[C@@](OC)(c1ccccc1)C(F)(F)F)CC2. The average molecular weight is 529 g/mol. The van der Waals surface area contributed by atoms with Crippen molar-refractivity contribution in [2.24, 2.45) is 0 Å². The van der Waals surface area contributed by atoms with Gasteiger partial charge in [0.1, 0.15) is 11.9 Å². The molecule has 4 bridgehead atoms. The molecule has 0 fully saturated rings. The molecule has 0 unspecified atom stereocenters. The quantitative estimate of drug-likeness (QED) is 0.329. The van der Waals surface area contributed by atoms with Gasteiger partial charge in [0, 0.05) is 12.7 Å². The van der Waals surface area contributed by atoms with Crippen LogP contribution in [0.1, 0.15) is 42.4 Å². The topological polar surface area (TPSA) is 54.0 Å². The Labute approximate surface area is 220 Å². The maximum Gasteiger partial charge on any atom is 0.432 e. The van der Waals surface area contributed by atoms with Crippen LogP contribution in [0.15, 0.2) is 72.8 Å². The summed E-state index contributed by atoms with van der Waals surface area (Å²) in [5.41, 5.74) is -1.54. The van der Waals surface area contributed by atoms with E-state index in [2.05, 4.69) is 0 Å². The number of hydrogen-bond acceptors (Lipinski definition) is 5. The van der Waals surface area contributed by atoms with Crippen LogP contribution in [0, 0.1) is 0 Å². The van der Waals surface area contributed by atoms with Crippen molar-refractivity contribution in [1.82, 2.24) is 0 Å². The zero-order valence-corrected chi connectivity index (χ0v) is 21.4. The van der Waals surface area contributed by atoms with Crippen molar-refractivity contribution < 1.29 is 36.9 Å². The Kier molecular flexibility index (Phi) is 8.62. The number of benzene rings is 3. The van der Waals surface area contributed by atoms with Crippen LogP contribution in [0.3, 0.4) is 0 Å². The second-order valence-corrected chi connectivity index (χ2v) is 9.29. The Bertz CT molecular complexity index is 1210. The van der Waals surface area contributed by atoms with Crippen molar-refractivity contribution in [3.8, 4) is 17.2 Å². The third-order valence-corrected chi connectivity index (χ3v) is 6.82. The summed E-state index contributed by atoms with van der Waals surface area (Å²) >= 11 is 0. The Hall–Kier alpha value is -3.52. The Balaban J connectivity index is 1.62. The summed E-state index contributed by atoms with van der Waals surface area (Å²) in [4.78, 5) is 13.3. The van der Waals surface area contributed by atoms with Gasteiger partial charge in [-0.2, -0.15) is 13.2 Å². The van der Waals surface area contributed by atoms with E-state index in [0.717, 1.165) is 31.1 Å². The molecular formula is C30H31F3O5. The molecule has 38 heavy (non-hydrogen) atoms. The number of rotatable bonds is 5. The Morgan fingerprint density at radius 2 is 1.58 bits per heavy atom. The average Bonchev–Trinajstić information content (AvgIpc) is 2.91. The molecule has 0 aromatic heterocycles. The van der Waals surface area contributed by atoms with E-state index in [1.54, 1.807) is 19.2 Å². The van der Waals surface area contributed by atoms with Crippen LogP contribution >= 0.6 is 0 Å². The first-order valence-electron chi connectivity index (χ1n) is 12.6. The lowest BCUT2D eigenvalue weighted by molar-refractivity contribution is -0.278. The van der Waals surface area contributed by atoms with Gasteiger partial charge >= 0.3 is 12.1 Å². The number of esters is 1. The lowest BCUT2D eigenvalue weighted by atomic mass is 9.92. The summed E-state index contributed by atoms with van der Waals surface area (Å²) in [5, 5.41) is 0. The first kappa shape index (κ1) is 27.5. The van der Waals surface area contributed by atoms with E-state index < -0.39 is 23.9 Å². The predicted octanol–water partition coefficient (Wildman–Crippen LogP) is 7.16. The van der Waals surface area contributed by atoms with Gasteiger partial charge in [0.05, 0.1) is 7.11 Å². The highest BCUT2D eigenvalue weighted by atomic mass is 19.4. The second-order valence-electron chi connectivity index (χ2n) is 9.29. The molecule has 0 radical (unpaired) electrons. The summed E-state index contributed by atoms with van der Waals surface area (Å²) < 4.78 is 65.2. The molecule has 0 N–H and O–H groups in total. The minimum absolute atomic E-state index is 0.322. The maximum atomic E-state index is 14.4. The Morgan fingerprint density at radius 3 is 2.24 bits per heavy atom. The summed E-state index contributed by atoms with van der Waals surface area (Å²) in [6.07, 6.45) is -2.26. The lowest BCUT2D eigenvalue weighted by Gasteiger charge is -2.34. The first-order valence-corrected chi connectivity index (χ1v) is 12.6.